The van der Waals surface area contributed by atoms with Gasteiger partial charge in [0.15, 0.2) is 0 Å². The Morgan fingerprint density at radius 2 is 1.94 bits per heavy atom. The second-order valence-electron chi connectivity index (χ2n) is 4.35. The van der Waals surface area contributed by atoms with Crippen molar-refractivity contribution in [2.45, 2.75) is 25.3 Å². The van der Waals surface area contributed by atoms with E-state index in [4.69, 9.17) is 0 Å². The third kappa shape index (κ3) is 4.02. The van der Waals surface area contributed by atoms with Crippen LogP contribution < -0.4 is 5.32 Å². The van der Waals surface area contributed by atoms with Gasteiger partial charge in [-0.25, -0.2) is 5.32 Å². The molecule has 0 bridgehead atoms. The predicted octanol–water partition coefficient (Wildman–Crippen LogP) is 2.37. The Bertz CT molecular complexity index is 351. The average molecular weight is 244 g/mol. The maximum absolute atomic E-state index is 12.1. The number of alkyl halides is 3. The standard InChI is InChI=1S/C12H15F3N2/c13-12(14,15)16-11-6-7-17(9-11)8-10-4-2-1-3-5-10/h1-5,11,16H,6-9H2/t11-/m1/s1. The zero-order valence-corrected chi connectivity index (χ0v) is 9.37. The number of likely N-dealkylation sites (tertiary alicyclic amines) is 1. The van der Waals surface area contributed by atoms with Crippen LogP contribution in [0.25, 0.3) is 0 Å². The van der Waals surface area contributed by atoms with Crippen molar-refractivity contribution >= 4 is 0 Å². The fourth-order valence-electron chi connectivity index (χ4n) is 2.17. The molecule has 0 amide bonds. The van der Waals surface area contributed by atoms with Gasteiger partial charge in [0, 0.05) is 25.7 Å². The van der Waals surface area contributed by atoms with E-state index in [0.29, 0.717) is 19.5 Å². The quantitative estimate of drug-likeness (QED) is 0.821. The number of hydrogen-bond acceptors (Lipinski definition) is 2. The maximum atomic E-state index is 12.1. The van der Waals surface area contributed by atoms with Crippen molar-refractivity contribution in [2.75, 3.05) is 13.1 Å². The van der Waals surface area contributed by atoms with E-state index in [0.717, 1.165) is 12.1 Å². The van der Waals surface area contributed by atoms with Crippen LogP contribution in [0.4, 0.5) is 13.2 Å². The SMILES string of the molecule is FC(F)(F)N[C@@H]1CCN(Cc2ccccc2)C1. The fraction of sp³-hybridized carbons (Fsp3) is 0.500. The van der Waals surface area contributed by atoms with Crippen LogP contribution >= 0.6 is 0 Å². The minimum atomic E-state index is -4.27. The molecule has 1 aromatic carbocycles. The molecule has 2 nitrogen and oxygen atoms in total. The van der Waals surface area contributed by atoms with Gasteiger partial charge in [0.05, 0.1) is 0 Å². The van der Waals surface area contributed by atoms with Gasteiger partial charge < -0.3 is 0 Å². The summed E-state index contributed by atoms with van der Waals surface area (Å²) in [4.78, 5) is 2.04. The van der Waals surface area contributed by atoms with E-state index < -0.39 is 12.3 Å². The summed E-state index contributed by atoms with van der Waals surface area (Å²) < 4.78 is 36.4. The lowest BCUT2D eigenvalue weighted by Gasteiger charge is -2.17. The molecular formula is C12H15F3N2. The summed E-state index contributed by atoms with van der Waals surface area (Å²) in [6.07, 6.45) is -3.72. The first-order chi connectivity index (χ1) is 8.03. The Hall–Kier alpha value is -1.07. The van der Waals surface area contributed by atoms with Crippen LogP contribution in [0.5, 0.6) is 0 Å². The van der Waals surface area contributed by atoms with Gasteiger partial charge in [0.25, 0.3) is 0 Å². The van der Waals surface area contributed by atoms with E-state index in [2.05, 4.69) is 0 Å². The largest absolute Gasteiger partial charge is 0.457 e. The molecule has 0 aliphatic carbocycles. The van der Waals surface area contributed by atoms with Crippen LogP contribution in [0, 0.1) is 0 Å². The first kappa shape index (κ1) is 12.4. The van der Waals surface area contributed by atoms with Crippen LogP contribution in [0.2, 0.25) is 0 Å². The first-order valence-electron chi connectivity index (χ1n) is 5.64. The lowest BCUT2D eigenvalue weighted by atomic mass is 10.2. The van der Waals surface area contributed by atoms with Gasteiger partial charge in [-0.05, 0) is 12.0 Å². The highest BCUT2D eigenvalue weighted by Crippen LogP contribution is 2.18. The molecule has 0 spiro atoms. The number of halogens is 3. The number of rotatable bonds is 3. The summed E-state index contributed by atoms with van der Waals surface area (Å²) in [6.45, 7) is 1.88. The Kier molecular flexibility index (Phi) is 3.69. The third-order valence-electron chi connectivity index (χ3n) is 2.89. The number of benzene rings is 1. The normalized spacial score (nSPS) is 21.9. The molecule has 1 aliphatic heterocycles. The van der Waals surface area contributed by atoms with Crippen molar-refractivity contribution in [3.63, 3.8) is 0 Å². The second-order valence-corrected chi connectivity index (χ2v) is 4.35. The highest BCUT2D eigenvalue weighted by molar-refractivity contribution is 5.14. The molecule has 1 fully saturated rings. The van der Waals surface area contributed by atoms with Gasteiger partial charge >= 0.3 is 6.30 Å². The van der Waals surface area contributed by atoms with E-state index in [9.17, 15) is 13.2 Å². The summed E-state index contributed by atoms with van der Waals surface area (Å²) in [5.74, 6) is 0. The van der Waals surface area contributed by atoms with Crippen molar-refractivity contribution in [3.8, 4) is 0 Å². The predicted molar refractivity (Wildman–Crippen MR) is 59.3 cm³/mol. The van der Waals surface area contributed by atoms with Crippen LogP contribution in [0.1, 0.15) is 12.0 Å². The van der Waals surface area contributed by atoms with Gasteiger partial charge in [-0.2, -0.15) is 13.2 Å². The van der Waals surface area contributed by atoms with Crippen molar-refractivity contribution in [3.05, 3.63) is 35.9 Å². The molecule has 0 radical (unpaired) electrons. The summed E-state index contributed by atoms with van der Waals surface area (Å²) in [5, 5.41) is 1.69. The molecule has 94 valence electrons. The maximum Gasteiger partial charge on any atom is 0.457 e. The van der Waals surface area contributed by atoms with E-state index in [-0.39, 0.29) is 0 Å². The smallest absolute Gasteiger partial charge is 0.297 e. The Morgan fingerprint density at radius 1 is 1.24 bits per heavy atom. The van der Waals surface area contributed by atoms with Crippen molar-refractivity contribution in [1.29, 1.82) is 0 Å². The number of nitrogens with zero attached hydrogens (tertiary/aromatic N) is 1. The van der Waals surface area contributed by atoms with Crippen molar-refractivity contribution in [1.82, 2.24) is 10.2 Å². The third-order valence-corrected chi connectivity index (χ3v) is 2.89. The highest BCUT2D eigenvalue weighted by atomic mass is 19.4. The number of hydrogen-bond donors (Lipinski definition) is 1. The van der Waals surface area contributed by atoms with Gasteiger partial charge in [-0.3, -0.25) is 4.90 Å². The highest BCUT2D eigenvalue weighted by Gasteiger charge is 2.34. The summed E-state index contributed by atoms with van der Waals surface area (Å²) in [6, 6.07) is 9.32. The van der Waals surface area contributed by atoms with E-state index >= 15 is 0 Å². The van der Waals surface area contributed by atoms with Crippen LogP contribution in [0.3, 0.4) is 0 Å². The summed E-state index contributed by atoms with van der Waals surface area (Å²) in [7, 11) is 0. The molecule has 1 atom stereocenters. The molecule has 1 aliphatic rings. The van der Waals surface area contributed by atoms with E-state index in [1.54, 1.807) is 5.32 Å². The zero-order valence-electron chi connectivity index (χ0n) is 9.37. The van der Waals surface area contributed by atoms with Crippen molar-refractivity contribution < 1.29 is 13.2 Å². The molecule has 1 N–H and O–H groups in total. The molecule has 0 aromatic heterocycles. The topological polar surface area (TPSA) is 15.3 Å². The molecule has 0 unspecified atom stereocenters. The van der Waals surface area contributed by atoms with Crippen LogP contribution in [0.15, 0.2) is 30.3 Å². The Labute approximate surface area is 98.4 Å². The molecular weight excluding hydrogens is 229 g/mol. The molecule has 1 saturated heterocycles. The van der Waals surface area contributed by atoms with Crippen LogP contribution in [-0.2, 0) is 6.54 Å². The van der Waals surface area contributed by atoms with E-state index in [1.165, 1.54) is 0 Å². The number of nitrogens with one attached hydrogen (secondary N) is 1. The minimum absolute atomic E-state index is 0.453. The molecule has 1 heterocycles. The van der Waals surface area contributed by atoms with E-state index in [1.807, 2.05) is 35.2 Å². The fourth-order valence-corrected chi connectivity index (χ4v) is 2.17. The summed E-state index contributed by atoms with van der Waals surface area (Å²) >= 11 is 0. The lowest BCUT2D eigenvalue weighted by Crippen LogP contribution is -2.42. The molecule has 0 saturated carbocycles. The lowest BCUT2D eigenvalue weighted by molar-refractivity contribution is -0.163. The van der Waals surface area contributed by atoms with Gasteiger partial charge in [-0.1, -0.05) is 30.3 Å². The molecule has 2 rings (SSSR count). The molecule has 17 heavy (non-hydrogen) atoms. The van der Waals surface area contributed by atoms with Gasteiger partial charge in [0.1, 0.15) is 0 Å². The minimum Gasteiger partial charge on any atom is -0.297 e. The Balaban J connectivity index is 1.82. The first-order valence-corrected chi connectivity index (χ1v) is 5.64. The Morgan fingerprint density at radius 3 is 2.59 bits per heavy atom. The molecule has 5 heteroatoms. The van der Waals surface area contributed by atoms with Crippen molar-refractivity contribution in [2.24, 2.45) is 0 Å². The molecule has 1 aromatic rings. The summed E-state index contributed by atoms with van der Waals surface area (Å²) in [5.41, 5.74) is 1.14. The van der Waals surface area contributed by atoms with Crippen LogP contribution in [-0.4, -0.2) is 30.3 Å². The monoisotopic (exact) mass is 244 g/mol. The zero-order chi connectivity index (χ0) is 12.3. The van der Waals surface area contributed by atoms with Gasteiger partial charge in [0.2, 0.25) is 0 Å². The van der Waals surface area contributed by atoms with Gasteiger partial charge in [-0.15, -0.1) is 0 Å². The average Bonchev–Trinajstić information content (AvgIpc) is 2.64. The second kappa shape index (κ2) is 5.06.